The van der Waals surface area contributed by atoms with Gasteiger partial charge in [-0.1, -0.05) is 18.2 Å². The number of likely N-dealkylation sites (N-methyl/N-ethyl adjacent to an activating group) is 1. The fourth-order valence-electron chi connectivity index (χ4n) is 4.33. The first-order valence-corrected chi connectivity index (χ1v) is 10.5. The molecule has 2 aromatic carbocycles. The molecule has 3 aromatic rings. The highest BCUT2D eigenvalue weighted by Gasteiger charge is 2.47. The third kappa shape index (κ3) is 3.51. The molecule has 0 saturated heterocycles. The van der Waals surface area contributed by atoms with Crippen molar-refractivity contribution in [1.29, 1.82) is 0 Å². The molecular weight excluding hydrogens is 433 g/mol. The summed E-state index contributed by atoms with van der Waals surface area (Å²) in [6.07, 6.45) is 0. The average molecular weight is 458 g/mol. The number of carbonyl (C=O) groups excluding carboxylic acids is 1. The number of amides is 1. The number of carbonyl (C=O) groups is 1. The van der Waals surface area contributed by atoms with Crippen molar-refractivity contribution in [3.05, 3.63) is 58.5 Å². The van der Waals surface area contributed by atoms with Crippen molar-refractivity contribution >= 4 is 28.2 Å². The Balaban J connectivity index is 1.81. The van der Waals surface area contributed by atoms with E-state index < -0.39 is 28.9 Å². The molecule has 4 rings (SSSR count). The number of ether oxygens (including phenoxy) is 1. The summed E-state index contributed by atoms with van der Waals surface area (Å²) in [6, 6.07) is 6.94. The minimum atomic E-state index is -3.30. The van der Waals surface area contributed by atoms with E-state index in [0.29, 0.717) is 35.1 Å². The molecule has 1 unspecified atom stereocenters. The van der Waals surface area contributed by atoms with Crippen LogP contribution in [0.5, 0.6) is 0 Å². The Labute approximate surface area is 189 Å². The van der Waals surface area contributed by atoms with Crippen LogP contribution < -0.4 is 10.2 Å². The predicted octanol–water partition coefficient (Wildman–Crippen LogP) is 5.20. The van der Waals surface area contributed by atoms with Crippen molar-refractivity contribution in [2.75, 3.05) is 24.4 Å². The molecule has 0 bridgehead atoms. The lowest BCUT2D eigenvalue weighted by Gasteiger charge is -2.22. The van der Waals surface area contributed by atoms with Crippen molar-refractivity contribution in [3.63, 3.8) is 0 Å². The number of aromatic nitrogens is 2. The standard InChI is InChI=1S/C24H25F3N4O2/c1-12(14-8-7-9-17(20(14)25)24(4,26)27)28-21-16-11-19-18(10-15(16)13(2)29-30-21)23(3,33-6)22(32)31(19)5/h7-12H,1-6H3,(H,28,30)/t12-,23?/m1/s1. The van der Waals surface area contributed by atoms with E-state index in [9.17, 15) is 18.0 Å². The molecule has 9 heteroatoms. The summed E-state index contributed by atoms with van der Waals surface area (Å²) in [6.45, 7) is 5.84. The van der Waals surface area contributed by atoms with Crippen molar-refractivity contribution in [1.82, 2.24) is 10.2 Å². The molecular formula is C24H25F3N4O2. The highest BCUT2D eigenvalue weighted by Crippen LogP contribution is 2.45. The number of fused-ring (bicyclic) bond motifs is 2. The Morgan fingerprint density at radius 2 is 1.91 bits per heavy atom. The van der Waals surface area contributed by atoms with Crippen LogP contribution in [-0.4, -0.2) is 30.3 Å². The Bertz CT molecular complexity index is 1270. The second-order valence-corrected chi connectivity index (χ2v) is 8.61. The molecule has 1 amide bonds. The van der Waals surface area contributed by atoms with Crippen molar-refractivity contribution in [2.45, 2.75) is 45.3 Å². The van der Waals surface area contributed by atoms with E-state index in [1.807, 2.05) is 12.1 Å². The second-order valence-electron chi connectivity index (χ2n) is 8.61. The minimum absolute atomic E-state index is 0.0879. The molecule has 2 atom stereocenters. The normalized spacial score (nSPS) is 19.2. The summed E-state index contributed by atoms with van der Waals surface area (Å²) in [5.41, 5.74) is 0.326. The largest absolute Gasteiger partial charge is 0.364 e. The molecule has 1 N–H and O–H groups in total. The summed E-state index contributed by atoms with van der Waals surface area (Å²) in [7, 11) is 3.15. The fourth-order valence-corrected chi connectivity index (χ4v) is 4.33. The number of nitrogens with one attached hydrogen (secondary N) is 1. The average Bonchev–Trinajstić information content (AvgIpc) is 2.95. The van der Waals surface area contributed by atoms with E-state index in [0.717, 1.165) is 11.5 Å². The van der Waals surface area contributed by atoms with Crippen LogP contribution in [0.3, 0.4) is 0 Å². The van der Waals surface area contributed by atoms with Crippen LogP contribution in [-0.2, 0) is 21.1 Å². The van der Waals surface area contributed by atoms with Crippen LogP contribution in [0.15, 0.2) is 30.3 Å². The summed E-state index contributed by atoms with van der Waals surface area (Å²) in [5, 5.41) is 13.0. The Kier molecular flexibility index (Phi) is 5.35. The molecule has 2 heterocycles. The quantitative estimate of drug-likeness (QED) is 0.569. The number of anilines is 2. The van der Waals surface area contributed by atoms with Crippen LogP contribution in [0.2, 0.25) is 0 Å². The van der Waals surface area contributed by atoms with Crippen molar-refractivity contribution in [2.24, 2.45) is 0 Å². The molecule has 1 aliphatic rings. The molecule has 33 heavy (non-hydrogen) atoms. The molecule has 174 valence electrons. The van der Waals surface area contributed by atoms with Gasteiger partial charge >= 0.3 is 0 Å². The van der Waals surface area contributed by atoms with Gasteiger partial charge in [0.05, 0.1) is 23.0 Å². The van der Waals surface area contributed by atoms with Crippen LogP contribution >= 0.6 is 0 Å². The van der Waals surface area contributed by atoms with Gasteiger partial charge in [0.25, 0.3) is 11.8 Å². The predicted molar refractivity (Wildman–Crippen MR) is 120 cm³/mol. The van der Waals surface area contributed by atoms with E-state index in [1.54, 1.807) is 27.8 Å². The molecule has 0 fully saturated rings. The van der Waals surface area contributed by atoms with Crippen LogP contribution in [0.4, 0.5) is 24.7 Å². The number of nitrogens with zero attached hydrogens (tertiary/aromatic N) is 3. The van der Waals surface area contributed by atoms with Gasteiger partial charge in [-0.25, -0.2) is 13.2 Å². The van der Waals surface area contributed by atoms with Gasteiger partial charge in [-0.2, -0.15) is 5.10 Å². The first kappa shape index (κ1) is 23.0. The van der Waals surface area contributed by atoms with Gasteiger partial charge in [0.1, 0.15) is 5.82 Å². The first-order chi connectivity index (χ1) is 15.4. The van der Waals surface area contributed by atoms with Crippen LogP contribution in [0.1, 0.15) is 49.2 Å². The van der Waals surface area contributed by atoms with Crippen molar-refractivity contribution in [3.8, 4) is 0 Å². The summed E-state index contributed by atoms with van der Waals surface area (Å²) >= 11 is 0. The number of aryl methyl sites for hydroxylation is 1. The molecule has 0 aliphatic carbocycles. The number of hydrogen-bond donors (Lipinski definition) is 1. The Morgan fingerprint density at radius 1 is 1.21 bits per heavy atom. The zero-order chi connectivity index (χ0) is 24.3. The Morgan fingerprint density at radius 3 is 2.55 bits per heavy atom. The van der Waals surface area contributed by atoms with E-state index in [1.165, 1.54) is 24.1 Å². The number of alkyl halides is 2. The number of halogens is 3. The van der Waals surface area contributed by atoms with Gasteiger partial charge in [-0.05, 0) is 32.9 Å². The molecule has 0 spiro atoms. The van der Waals surface area contributed by atoms with E-state index in [2.05, 4.69) is 15.5 Å². The van der Waals surface area contributed by atoms with Gasteiger partial charge < -0.3 is 15.0 Å². The zero-order valence-corrected chi connectivity index (χ0v) is 19.3. The van der Waals surface area contributed by atoms with E-state index in [-0.39, 0.29) is 11.5 Å². The van der Waals surface area contributed by atoms with E-state index >= 15 is 0 Å². The number of benzene rings is 2. The molecule has 1 aromatic heterocycles. The summed E-state index contributed by atoms with van der Waals surface area (Å²) < 4.78 is 48.0. The van der Waals surface area contributed by atoms with Crippen molar-refractivity contribution < 1.29 is 22.7 Å². The topological polar surface area (TPSA) is 67.3 Å². The number of rotatable bonds is 5. The molecule has 1 aliphatic heterocycles. The lowest BCUT2D eigenvalue weighted by molar-refractivity contribution is -0.137. The lowest BCUT2D eigenvalue weighted by atomic mass is 9.94. The van der Waals surface area contributed by atoms with Gasteiger partial charge in [0, 0.05) is 43.0 Å². The number of methoxy groups -OCH3 is 1. The maximum absolute atomic E-state index is 14.9. The molecule has 0 radical (unpaired) electrons. The minimum Gasteiger partial charge on any atom is -0.364 e. The molecule has 6 nitrogen and oxygen atoms in total. The second kappa shape index (κ2) is 7.69. The van der Waals surface area contributed by atoms with Gasteiger partial charge in [0.15, 0.2) is 11.4 Å². The number of hydrogen-bond acceptors (Lipinski definition) is 5. The van der Waals surface area contributed by atoms with Gasteiger partial charge in [0.2, 0.25) is 0 Å². The molecule has 0 saturated carbocycles. The van der Waals surface area contributed by atoms with Crippen LogP contribution in [0, 0.1) is 12.7 Å². The lowest BCUT2D eigenvalue weighted by Crippen LogP contribution is -2.37. The maximum Gasteiger partial charge on any atom is 0.273 e. The fraction of sp³-hybridized carbons (Fsp3) is 0.375. The third-order valence-electron chi connectivity index (χ3n) is 6.40. The Hall–Kier alpha value is -3.20. The van der Waals surface area contributed by atoms with E-state index in [4.69, 9.17) is 4.74 Å². The SMILES string of the molecule is COC1(C)C(=O)N(C)c2cc3c(N[C@H](C)c4cccc(C(C)(F)F)c4F)nnc(C)c3cc21. The summed E-state index contributed by atoms with van der Waals surface area (Å²) in [4.78, 5) is 14.3. The zero-order valence-electron chi connectivity index (χ0n) is 19.3. The summed E-state index contributed by atoms with van der Waals surface area (Å²) in [5.74, 6) is -4.11. The van der Waals surface area contributed by atoms with Gasteiger partial charge in [-0.3, -0.25) is 4.79 Å². The smallest absolute Gasteiger partial charge is 0.273 e. The highest BCUT2D eigenvalue weighted by atomic mass is 19.3. The van der Waals surface area contributed by atoms with Crippen LogP contribution in [0.25, 0.3) is 10.8 Å². The van der Waals surface area contributed by atoms with Gasteiger partial charge in [-0.15, -0.1) is 5.10 Å². The first-order valence-electron chi connectivity index (χ1n) is 10.5. The monoisotopic (exact) mass is 458 g/mol. The maximum atomic E-state index is 14.9. The highest BCUT2D eigenvalue weighted by molar-refractivity contribution is 6.10. The third-order valence-corrected chi connectivity index (χ3v) is 6.40.